The number of rotatable bonds is 3. The molecule has 1 atom stereocenters. The number of para-hydroxylation sites is 1. The molecule has 0 aromatic heterocycles. The molecule has 4 heteroatoms. The highest BCUT2D eigenvalue weighted by Gasteiger charge is 2.47. The number of hydrogen-bond acceptors (Lipinski definition) is 4. The third-order valence-corrected chi connectivity index (χ3v) is 6.34. The van der Waals surface area contributed by atoms with Crippen molar-refractivity contribution in [1.29, 1.82) is 0 Å². The first kappa shape index (κ1) is 21.3. The van der Waals surface area contributed by atoms with E-state index in [4.69, 9.17) is 14.2 Å². The van der Waals surface area contributed by atoms with Crippen molar-refractivity contribution in [2.24, 2.45) is 0 Å². The van der Waals surface area contributed by atoms with E-state index in [9.17, 15) is 0 Å². The van der Waals surface area contributed by atoms with Crippen LogP contribution in [0.1, 0.15) is 23.6 Å². The molecule has 1 unspecified atom stereocenters. The van der Waals surface area contributed by atoms with Crippen molar-refractivity contribution in [3.63, 3.8) is 0 Å². The van der Waals surface area contributed by atoms with Gasteiger partial charge in [-0.15, -0.1) is 0 Å². The van der Waals surface area contributed by atoms with E-state index in [1.165, 1.54) is 0 Å². The Kier molecular flexibility index (Phi) is 5.92. The Balaban J connectivity index is 1.73. The van der Waals surface area contributed by atoms with Crippen LogP contribution in [0.25, 0.3) is 5.57 Å². The lowest BCUT2D eigenvalue weighted by atomic mass is 9.84. The van der Waals surface area contributed by atoms with Crippen LogP contribution in [0.2, 0.25) is 0 Å². The summed E-state index contributed by atoms with van der Waals surface area (Å²) in [6, 6.07) is 26.4. The lowest BCUT2D eigenvalue weighted by molar-refractivity contribution is -0.106. The number of morpholine rings is 1. The highest BCUT2D eigenvalue weighted by molar-refractivity contribution is 5.87. The number of benzene rings is 3. The molecule has 5 rings (SSSR count). The fraction of sp³-hybridized carbons (Fsp3) is 0.241. The van der Waals surface area contributed by atoms with Gasteiger partial charge in [0.1, 0.15) is 11.5 Å². The molecule has 0 bridgehead atoms. The van der Waals surface area contributed by atoms with Crippen molar-refractivity contribution < 1.29 is 14.2 Å². The summed E-state index contributed by atoms with van der Waals surface area (Å²) in [5.41, 5.74) is 4.38. The summed E-state index contributed by atoms with van der Waals surface area (Å²) in [6.07, 6.45) is 0. The van der Waals surface area contributed by atoms with Gasteiger partial charge in [-0.05, 0) is 55.5 Å². The smallest absolute Gasteiger partial charge is 0.213 e. The molecule has 3 aromatic rings. The second-order valence-corrected chi connectivity index (χ2v) is 8.19. The highest BCUT2D eigenvalue weighted by Crippen LogP contribution is 2.48. The quantitative estimate of drug-likeness (QED) is 0.534. The van der Waals surface area contributed by atoms with Crippen LogP contribution in [0.3, 0.4) is 0 Å². The second kappa shape index (κ2) is 9.15. The molecule has 1 fully saturated rings. The molecule has 1 saturated heterocycles. The van der Waals surface area contributed by atoms with E-state index < -0.39 is 5.72 Å². The van der Waals surface area contributed by atoms with Crippen LogP contribution >= 0.6 is 0 Å². The number of fused-ring (bicyclic) bond motifs is 1. The maximum Gasteiger partial charge on any atom is 0.213 e. The molecule has 0 N–H and O–H groups in total. The standard InChI is InChI=1S/C29H27NO3/c1-22-26(17-12-23-8-4-3-5-9-23)27-10-6-7-11-28(27)33-29(22,30-18-20-32-21-19-30)24-13-15-25(31-2)16-14-24/h3-11,13-16H,18-21H2,1-2H3. The summed E-state index contributed by atoms with van der Waals surface area (Å²) in [4.78, 5) is 2.37. The Morgan fingerprint density at radius 2 is 1.55 bits per heavy atom. The normalized spacial score (nSPS) is 20.3. The Bertz CT molecular complexity index is 1210. The molecule has 0 amide bonds. The fourth-order valence-corrected chi connectivity index (χ4v) is 4.64. The average Bonchev–Trinajstić information content (AvgIpc) is 2.89. The Morgan fingerprint density at radius 1 is 0.848 bits per heavy atom. The molecule has 0 spiro atoms. The minimum absolute atomic E-state index is 0.668. The van der Waals surface area contributed by atoms with E-state index in [1.807, 2.05) is 60.7 Å². The maximum atomic E-state index is 6.92. The van der Waals surface area contributed by atoms with Gasteiger partial charge in [-0.2, -0.15) is 0 Å². The fourth-order valence-electron chi connectivity index (χ4n) is 4.64. The molecule has 2 aliphatic heterocycles. The van der Waals surface area contributed by atoms with Gasteiger partial charge in [0.05, 0.1) is 20.3 Å². The van der Waals surface area contributed by atoms with Gasteiger partial charge in [0.25, 0.3) is 0 Å². The first-order valence-corrected chi connectivity index (χ1v) is 11.3. The molecule has 4 nitrogen and oxygen atoms in total. The van der Waals surface area contributed by atoms with Crippen LogP contribution in [0.5, 0.6) is 11.5 Å². The zero-order chi connectivity index (χ0) is 22.7. The van der Waals surface area contributed by atoms with Crippen molar-refractivity contribution in [3.8, 4) is 23.3 Å². The highest BCUT2D eigenvalue weighted by atomic mass is 16.5. The van der Waals surface area contributed by atoms with Crippen LogP contribution in [0, 0.1) is 11.8 Å². The van der Waals surface area contributed by atoms with Gasteiger partial charge < -0.3 is 14.2 Å². The van der Waals surface area contributed by atoms with Crippen LogP contribution in [-0.4, -0.2) is 38.3 Å². The van der Waals surface area contributed by atoms with Crippen LogP contribution in [0.15, 0.2) is 84.4 Å². The molecule has 33 heavy (non-hydrogen) atoms. The molecule has 2 aliphatic rings. The number of hydrogen-bond donors (Lipinski definition) is 0. The van der Waals surface area contributed by atoms with Crippen LogP contribution in [-0.2, 0) is 10.5 Å². The average molecular weight is 438 g/mol. The van der Waals surface area contributed by atoms with Gasteiger partial charge in [-0.25, -0.2) is 0 Å². The summed E-state index contributed by atoms with van der Waals surface area (Å²) < 4.78 is 18.0. The predicted molar refractivity (Wildman–Crippen MR) is 130 cm³/mol. The molecular formula is C29H27NO3. The number of nitrogens with zero attached hydrogens (tertiary/aromatic N) is 1. The van der Waals surface area contributed by atoms with Crippen molar-refractivity contribution in [1.82, 2.24) is 4.90 Å². The summed E-state index contributed by atoms with van der Waals surface area (Å²) in [5, 5.41) is 0. The summed E-state index contributed by atoms with van der Waals surface area (Å²) in [6.45, 7) is 5.02. The van der Waals surface area contributed by atoms with Gasteiger partial charge >= 0.3 is 0 Å². The van der Waals surface area contributed by atoms with Gasteiger partial charge in [-0.1, -0.05) is 42.2 Å². The van der Waals surface area contributed by atoms with Gasteiger partial charge in [0.15, 0.2) is 0 Å². The van der Waals surface area contributed by atoms with E-state index in [0.717, 1.165) is 52.4 Å². The molecule has 0 saturated carbocycles. The molecule has 3 aromatic carbocycles. The topological polar surface area (TPSA) is 30.9 Å². The third kappa shape index (κ3) is 3.91. The number of allylic oxidation sites excluding steroid dienone is 1. The minimum Gasteiger partial charge on any atom is -0.497 e. The zero-order valence-electron chi connectivity index (χ0n) is 19.0. The van der Waals surface area contributed by atoms with E-state index in [2.05, 4.69) is 41.9 Å². The zero-order valence-corrected chi connectivity index (χ0v) is 19.0. The first-order valence-electron chi connectivity index (χ1n) is 11.3. The Labute approximate surface area is 195 Å². The van der Waals surface area contributed by atoms with Crippen LogP contribution < -0.4 is 9.47 Å². The lowest BCUT2D eigenvalue weighted by Gasteiger charge is -2.48. The van der Waals surface area contributed by atoms with Gasteiger partial charge in [0, 0.05) is 40.9 Å². The van der Waals surface area contributed by atoms with Crippen LogP contribution in [0.4, 0.5) is 0 Å². The van der Waals surface area contributed by atoms with Crippen molar-refractivity contribution in [2.45, 2.75) is 12.6 Å². The summed E-state index contributed by atoms with van der Waals surface area (Å²) in [7, 11) is 1.68. The predicted octanol–water partition coefficient (Wildman–Crippen LogP) is 5.10. The summed E-state index contributed by atoms with van der Waals surface area (Å²) in [5.74, 6) is 8.52. The molecule has 0 aliphatic carbocycles. The Hall–Kier alpha value is -3.52. The number of methoxy groups -OCH3 is 1. The maximum absolute atomic E-state index is 6.92. The lowest BCUT2D eigenvalue weighted by Crippen LogP contribution is -2.56. The Morgan fingerprint density at radius 3 is 2.27 bits per heavy atom. The third-order valence-electron chi connectivity index (χ3n) is 6.34. The largest absolute Gasteiger partial charge is 0.497 e. The van der Waals surface area contributed by atoms with Crippen molar-refractivity contribution in [2.75, 3.05) is 33.4 Å². The van der Waals surface area contributed by atoms with E-state index in [0.29, 0.717) is 13.2 Å². The molecular weight excluding hydrogens is 410 g/mol. The minimum atomic E-state index is -0.773. The van der Waals surface area contributed by atoms with E-state index >= 15 is 0 Å². The molecule has 2 heterocycles. The monoisotopic (exact) mass is 437 g/mol. The SMILES string of the molecule is COc1ccc(C2(N3CCOCC3)Oc3ccccc3C(C#Cc3ccccc3)=C2C)cc1. The van der Waals surface area contributed by atoms with Gasteiger partial charge in [-0.3, -0.25) is 4.90 Å². The van der Waals surface area contributed by atoms with Crippen molar-refractivity contribution in [3.05, 3.63) is 101 Å². The van der Waals surface area contributed by atoms with E-state index in [1.54, 1.807) is 7.11 Å². The second-order valence-electron chi connectivity index (χ2n) is 8.19. The number of ether oxygens (including phenoxy) is 3. The van der Waals surface area contributed by atoms with Crippen molar-refractivity contribution >= 4 is 5.57 Å². The van der Waals surface area contributed by atoms with E-state index in [-0.39, 0.29) is 0 Å². The molecule has 166 valence electrons. The van der Waals surface area contributed by atoms with Gasteiger partial charge in [0.2, 0.25) is 5.72 Å². The first-order chi connectivity index (χ1) is 16.2. The summed E-state index contributed by atoms with van der Waals surface area (Å²) >= 11 is 0. The molecule has 0 radical (unpaired) electrons.